The van der Waals surface area contributed by atoms with Crippen LogP contribution in [0.4, 0.5) is 0 Å². The Morgan fingerprint density at radius 2 is 1.61 bits per heavy atom. The van der Waals surface area contributed by atoms with Crippen LogP contribution in [0.5, 0.6) is 0 Å². The van der Waals surface area contributed by atoms with Gasteiger partial charge in [-0.3, -0.25) is 9.59 Å². The first kappa shape index (κ1) is 13.0. The van der Waals surface area contributed by atoms with Gasteiger partial charge in [0.1, 0.15) is 17.5 Å². The lowest BCUT2D eigenvalue weighted by molar-refractivity contribution is -0.135. The van der Waals surface area contributed by atoms with Crippen molar-refractivity contribution in [1.82, 2.24) is 0 Å². The molecule has 0 unspecified atom stereocenters. The lowest BCUT2D eigenvalue weighted by atomic mass is 9.69. The van der Waals surface area contributed by atoms with E-state index in [0.29, 0.717) is 12.8 Å². The molecule has 0 radical (unpaired) electrons. The molecule has 0 bridgehead atoms. The Hall–Kier alpha value is -1.44. The molecule has 0 heterocycles. The quantitative estimate of drug-likeness (QED) is 0.710. The first-order valence-corrected chi connectivity index (χ1v) is 6.43. The highest BCUT2D eigenvalue weighted by molar-refractivity contribution is 6.10. The van der Waals surface area contributed by atoms with E-state index < -0.39 is 5.92 Å². The molecule has 1 aromatic carbocycles. The maximum absolute atomic E-state index is 12.2. The average Bonchev–Trinajstić information content (AvgIpc) is 2.18. The predicted octanol–water partition coefficient (Wildman–Crippen LogP) is 3.35. The molecule has 0 aliphatic heterocycles. The largest absolute Gasteiger partial charge is 0.299 e. The summed E-state index contributed by atoms with van der Waals surface area (Å²) >= 11 is 0. The van der Waals surface area contributed by atoms with Crippen molar-refractivity contribution >= 4 is 11.6 Å². The molecule has 1 aromatic rings. The number of ketones is 2. The van der Waals surface area contributed by atoms with Crippen LogP contribution in [0.15, 0.2) is 18.2 Å². The second-order valence-electron chi connectivity index (χ2n) is 6.24. The normalized spacial score (nSPS) is 20.2. The molecular weight excluding hydrogens is 224 g/mol. The van der Waals surface area contributed by atoms with Crippen molar-refractivity contribution in [1.29, 1.82) is 0 Å². The number of rotatable bonds is 1. The standard InChI is InChI=1S/C16H20O2/c1-10-5-6-12(11(2)7-10)15-13(17)8-16(3,4)9-14(15)18/h5-7,15H,8-9H2,1-4H3. The topological polar surface area (TPSA) is 34.1 Å². The Morgan fingerprint density at radius 3 is 2.11 bits per heavy atom. The summed E-state index contributed by atoms with van der Waals surface area (Å²) in [6, 6.07) is 5.95. The molecule has 0 spiro atoms. The highest BCUT2D eigenvalue weighted by atomic mass is 16.2. The third-order valence-corrected chi connectivity index (χ3v) is 3.69. The summed E-state index contributed by atoms with van der Waals surface area (Å²) in [5.74, 6) is -0.384. The van der Waals surface area contributed by atoms with Gasteiger partial charge in [0.15, 0.2) is 0 Å². The zero-order chi connectivity index (χ0) is 13.5. The fourth-order valence-corrected chi connectivity index (χ4v) is 2.89. The van der Waals surface area contributed by atoms with E-state index in [0.717, 1.165) is 16.7 Å². The molecule has 1 aliphatic rings. The lowest BCUT2D eigenvalue weighted by Crippen LogP contribution is -2.36. The predicted molar refractivity (Wildman–Crippen MR) is 71.7 cm³/mol. The zero-order valence-corrected chi connectivity index (χ0v) is 11.5. The van der Waals surface area contributed by atoms with Crippen molar-refractivity contribution in [2.75, 3.05) is 0 Å². The molecule has 0 atom stereocenters. The highest BCUT2D eigenvalue weighted by Gasteiger charge is 2.40. The van der Waals surface area contributed by atoms with Gasteiger partial charge < -0.3 is 0 Å². The van der Waals surface area contributed by atoms with Gasteiger partial charge >= 0.3 is 0 Å². The smallest absolute Gasteiger partial charge is 0.148 e. The first-order valence-electron chi connectivity index (χ1n) is 6.43. The Labute approximate surface area is 108 Å². The van der Waals surface area contributed by atoms with Crippen LogP contribution in [0.1, 0.15) is 49.3 Å². The van der Waals surface area contributed by atoms with E-state index in [1.807, 2.05) is 45.9 Å². The van der Waals surface area contributed by atoms with Crippen LogP contribution in [0, 0.1) is 19.3 Å². The summed E-state index contributed by atoms with van der Waals surface area (Å²) < 4.78 is 0. The van der Waals surface area contributed by atoms with Crippen LogP contribution >= 0.6 is 0 Å². The SMILES string of the molecule is Cc1ccc(C2C(=O)CC(C)(C)CC2=O)c(C)c1. The number of Topliss-reactive ketones (excluding diaryl/α,β-unsaturated/α-hetero) is 2. The van der Waals surface area contributed by atoms with Crippen molar-refractivity contribution in [3.8, 4) is 0 Å². The third kappa shape index (κ3) is 2.38. The second-order valence-corrected chi connectivity index (χ2v) is 6.24. The van der Waals surface area contributed by atoms with Crippen LogP contribution in [0.25, 0.3) is 0 Å². The Morgan fingerprint density at radius 1 is 1.06 bits per heavy atom. The summed E-state index contributed by atoms with van der Waals surface area (Å²) in [5.41, 5.74) is 2.92. The van der Waals surface area contributed by atoms with Crippen molar-refractivity contribution in [3.05, 3.63) is 34.9 Å². The molecule has 96 valence electrons. The van der Waals surface area contributed by atoms with E-state index in [1.165, 1.54) is 0 Å². The molecule has 0 aromatic heterocycles. The van der Waals surface area contributed by atoms with Gasteiger partial charge in [-0.15, -0.1) is 0 Å². The minimum absolute atomic E-state index is 0.0724. The van der Waals surface area contributed by atoms with Crippen molar-refractivity contribution < 1.29 is 9.59 Å². The number of aryl methyl sites for hydroxylation is 2. The number of hydrogen-bond donors (Lipinski definition) is 0. The summed E-state index contributed by atoms with van der Waals surface area (Å²) in [5, 5.41) is 0. The van der Waals surface area contributed by atoms with Crippen LogP contribution in [-0.4, -0.2) is 11.6 Å². The van der Waals surface area contributed by atoms with Crippen LogP contribution in [0.3, 0.4) is 0 Å². The molecular formula is C16H20O2. The third-order valence-electron chi connectivity index (χ3n) is 3.69. The Bertz CT molecular complexity index is 492. The van der Waals surface area contributed by atoms with Gasteiger partial charge in [-0.1, -0.05) is 37.6 Å². The van der Waals surface area contributed by atoms with Gasteiger partial charge in [-0.25, -0.2) is 0 Å². The maximum atomic E-state index is 12.2. The zero-order valence-electron chi connectivity index (χ0n) is 11.5. The lowest BCUT2D eigenvalue weighted by Gasteiger charge is -2.32. The summed E-state index contributed by atoms with van der Waals surface area (Å²) in [7, 11) is 0. The molecule has 0 N–H and O–H groups in total. The van der Waals surface area contributed by atoms with Crippen LogP contribution in [0.2, 0.25) is 0 Å². The molecule has 2 heteroatoms. The van der Waals surface area contributed by atoms with E-state index in [4.69, 9.17) is 0 Å². The van der Waals surface area contributed by atoms with Crippen LogP contribution < -0.4 is 0 Å². The summed E-state index contributed by atoms with van der Waals surface area (Å²) in [6.07, 6.45) is 0.993. The minimum Gasteiger partial charge on any atom is -0.299 e. The fraction of sp³-hybridized carbons (Fsp3) is 0.500. The molecule has 0 amide bonds. The summed E-state index contributed by atoms with van der Waals surface area (Å²) in [6.45, 7) is 7.97. The molecule has 2 nitrogen and oxygen atoms in total. The maximum Gasteiger partial charge on any atom is 0.148 e. The first-order chi connectivity index (χ1) is 8.30. The highest BCUT2D eigenvalue weighted by Crippen LogP contribution is 2.38. The van der Waals surface area contributed by atoms with E-state index in [2.05, 4.69) is 0 Å². The summed E-state index contributed by atoms with van der Waals surface area (Å²) in [4.78, 5) is 24.5. The van der Waals surface area contributed by atoms with Crippen LogP contribution in [-0.2, 0) is 9.59 Å². The van der Waals surface area contributed by atoms with Gasteiger partial charge in [-0.05, 0) is 30.4 Å². The number of carbonyl (C=O) groups is 2. The minimum atomic E-state index is -0.529. The molecule has 1 aliphatic carbocycles. The van der Waals surface area contributed by atoms with Gasteiger partial charge in [0.05, 0.1) is 0 Å². The van der Waals surface area contributed by atoms with Crippen molar-refractivity contribution in [3.63, 3.8) is 0 Å². The van der Waals surface area contributed by atoms with Gasteiger partial charge in [0.25, 0.3) is 0 Å². The Balaban J connectivity index is 2.39. The molecule has 1 fully saturated rings. The van der Waals surface area contributed by atoms with Crippen molar-refractivity contribution in [2.24, 2.45) is 5.41 Å². The van der Waals surface area contributed by atoms with Crippen molar-refractivity contribution in [2.45, 2.75) is 46.5 Å². The number of benzene rings is 1. The molecule has 18 heavy (non-hydrogen) atoms. The van der Waals surface area contributed by atoms with E-state index >= 15 is 0 Å². The Kier molecular flexibility index (Phi) is 3.14. The van der Waals surface area contributed by atoms with E-state index in [9.17, 15) is 9.59 Å². The average molecular weight is 244 g/mol. The number of carbonyl (C=O) groups excluding carboxylic acids is 2. The van der Waals surface area contributed by atoms with E-state index in [-0.39, 0.29) is 17.0 Å². The fourth-order valence-electron chi connectivity index (χ4n) is 2.89. The molecule has 1 saturated carbocycles. The van der Waals surface area contributed by atoms with E-state index in [1.54, 1.807) is 0 Å². The number of hydrogen-bond acceptors (Lipinski definition) is 2. The molecule has 0 saturated heterocycles. The monoisotopic (exact) mass is 244 g/mol. The van der Waals surface area contributed by atoms with Gasteiger partial charge in [-0.2, -0.15) is 0 Å². The van der Waals surface area contributed by atoms with Gasteiger partial charge in [0, 0.05) is 12.8 Å². The second kappa shape index (κ2) is 4.34. The molecule has 2 rings (SSSR count). The van der Waals surface area contributed by atoms with Gasteiger partial charge in [0.2, 0.25) is 0 Å².